The van der Waals surface area contributed by atoms with Crippen molar-refractivity contribution in [3.63, 3.8) is 0 Å². The van der Waals surface area contributed by atoms with E-state index in [1.807, 2.05) is 49.4 Å². The molecule has 2 aromatic rings. The topological polar surface area (TPSA) is 59.6 Å². The molecule has 0 radical (unpaired) electrons. The molecule has 0 bridgehead atoms. The molecule has 0 saturated carbocycles. The maximum Gasteiger partial charge on any atom is 0.242 e. The van der Waals surface area contributed by atoms with Crippen LogP contribution < -0.4 is 10.6 Å². The number of nitrogens with one attached hydrogen (secondary N) is 2. The van der Waals surface area contributed by atoms with Gasteiger partial charge in [0, 0.05) is 12.3 Å². The number of benzene rings is 2. The zero-order valence-corrected chi connectivity index (χ0v) is 18.8. The molecule has 1 aliphatic heterocycles. The quantitative estimate of drug-likeness (QED) is 0.518. The lowest BCUT2D eigenvalue weighted by Crippen LogP contribution is -2.39. The smallest absolute Gasteiger partial charge is 0.242 e. The molecule has 5 nitrogen and oxygen atoms in total. The molecule has 3 unspecified atom stereocenters. The number of amides is 1. The minimum absolute atomic E-state index is 0.00148. The SMILES string of the molecule is CCCC(NC(=O)C(C)Nc1cccc(COCC2CCCCO2)c1)c1ccccc1. The monoisotopic (exact) mass is 424 g/mol. The van der Waals surface area contributed by atoms with E-state index in [1.165, 1.54) is 6.42 Å². The van der Waals surface area contributed by atoms with Gasteiger partial charge in [0.25, 0.3) is 0 Å². The third-order valence-electron chi connectivity index (χ3n) is 5.65. The highest BCUT2D eigenvalue weighted by Gasteiger charge is 2.19. The van der Waals surface area contributed by atoms with E-state index in [-0.39, 0.29) is 24.1 Å². The number of ether oxygens (including phenoxy) is 2. The Kier molecular flexibility index (Phi) is 9.38. The second kappa shape index (κ2) is 12.5. The van der Waals surface area contributed by atoms with Crippen LogP contribution in [0, 0.1) is 0 Å². The van der Waals surface area contributed by atoms with E-state index in [9.17, 15) is 4.79 Å². The summed E-state index contributed by atoms with van der Waals surface area (Å²) in [5, 5.41) is 6.53. The lowest BCUT2D eigenvalue weighted by atomic mass is 10.0. The predicted octanol–water partition coefficient (Wildman–Crippen LogP) is 5.23. The molecule has 3 rings (SSSR count). The average molecular weight is 425 g/mol. The van der Waals surface area contributed by atoms with Crippen molar-refractivity contribution in [2.45, 2.75) is 70.7 Å². The van der Waals surface area contributed by atoms with Crippen molar-refractivity contribution in [1.82, 2.24) is 5.32 Å². The first-order chi connectivity index (χ1) is 15.2. The second-order valence-electron chi connectivity index (χ2n) is 8.33. The molecule has 1 amide bonds. The van der Waals surface area contributed by atoms with E-state index in [0.717, 1.165) is 49.1 Å². The van der Waals surface area contributed by atoms with Crippen LogP contribution in [0.5, 0.6) is 0 Å². The largest absolute Gasteiger partial charge is 0.376 e. The highest BCUT2D eigenvalue weighted by Crippen LogP contribution is 2.19. The normalized spacial score (nSPS) is 18.2. The molecule has 2 aromatic carbocycles. The van der Waals surface area contributed by atoms with E-state index in [2.05, 4.69) is 29.7 Å². The highest BCUT2D eigenvalue weighted by molar-refractivity contribution is 5.84. The molecule has 0 aliphatic carbocycles. The zero-order valence-electron chi connectivity index (χ0n) is 18.8. The first kappa shape index (κ1) is 23.3. The van der Waals surface area contributed by atoms with Gasteiger partial charge < -0.3 is 20.1 Å². The lowest BCUT2D eigenvalue weighted by Gasteiger charge is -2.23. The van der Waals surface area contributed by atoms with Gasteiger partial charge in [-0.05, 0) is 55.9 Å². The molecule has 168 valence electrons. The van der Waals surface area contributed by atoms with Crippen molar-refractivity contribution < 1.29 is 14.3 Å². The molecule has 0 spiro atoms. The van der Waals surface area contributed by atoms with E-state index in [1.54, 1.807) is 0 Å². The molecule has 1 fully saturated rings. The Bertz CT molecular complexity index is 790. The minimum atomic E-state index is -0.338. The maximum atomic E-state index is 12.8. The van der Waals surface area contributed by atoms with Gasteiger partial charge in [0.15, 0.2) is 0 Å². The van der Waals surface area contributed by atoms with Crippen molar-refractivity contribution in [1.29, 1.82) is 0 Å². The molecule has 3 atom stereocenters. The molecule has 1 saturated heterocycles. The number of anilines is 1. The average Bonchev–Trinajstić information content (AvgIpc) is 2.80. The van der Waals surface area contributed by atoms with Gasteiger partial charge in [-0.2, -0.15) is 0 Å². The van der Waals surface area contributed by atoms with Crippen LogP contribution >= 0.6 is 0 Å². The van der Waals surface area contributed by atoms with E-state index >= 15 is 0 Å². The molecular formula is C26H36N2O3. The van der Waals surface area contributed by atoms with Crippen molar-refractivity contribution in [3.8, 4) is 0 Å². The van der Waals surface area contributed by atoms with Crippen LogP contribution in [0.1, 0.15) is 63.1 Å². The Balaban J connectivity index is 1.50. The van der Waals surface area contributed by atoms with Crippen LogP contribution in [0.4, 0.5) is 5.69 Å². The fraction of sp³-hybridized carbons (Fsp3) is 0.500. The summed E-state index contributed by atoms with van der Waals surface area (Å²) in [4.78, 5) is 12.8. The van der Waals surface area contributed by atoms with Gasteiger partial charge in [0.1, 0.15) is 6.04 Å². The van der Waals surface area contributed by atoms with Crippen LogP contribution in [0.3, 0.4) is 0 Å². The van der Waals surface area contributed by atoms with Crippen molar-refractivity contribution in [2.24, 2.45) is 0 Å². The van der Waals surface area contributed by atoms with Crippen LogP contribution in [0.2, 0.25) is 0 Å². The molecule has 5 heteroatoms. The molecule has 31 heavy (non-hydrogen) atoms. The summed E-state index contributed by atoms with van der Waals surface area (Å²) in [6.45, 7) is 6.05. The number of rotatable bonds is 11. The lowest BCUT2D eigenvalue weighted by molar-refractivity contribution is -0.122. The van der Waals surface area contributed by atoms with Crippen LogP contribution in [-0.4, -0.2) is 31.3 Å². The molecule has 1 heterocycles. The fourth-order valence-electron chi connectivity index (χ4n) is 3.91. The number of hydrogen-bond acceptors (Lipinski definition) is 4. The second-order valence-corrected chi connectivity index (χ2v) is 8.33. The summed E-state index contributed by atoms with van der Waals surface area (Å²) in [7, 11) is 0. The van der Waals surface area contributed by atoms with Gasteiger partial charge in [-0.1, -0.05) is 55.8 Å². The van der Waals surface area contributed by atoms with Gasteiger partial charge in [-0.3, -0.25) is 4.79 Å². The van der Waals surface area contributed by atoms with Gasteiger partial charge >= 0.3 is 0 Å². The van der Waals surface area contributed by atoms with Crippen molar-refractivity contribution in [2.75, 3.05) is 18.5 Å². The Morgan fingerprint density at radius 3 is 2.74 bits per heavy atom. The van der Waals surface area contributed by atoms with Gasteiger partial charge in [0.05, 0.1) is 25.4 Å². The Hall–Kier alpha value is -2.37. The maximum absolute atomic E-state index is 12.8. The highest BCUT2D eigenvalue weighted by atomic mass is 16.5. The number of carbonyl (C=O) groups is 1. The molecule has 1 aliphatic rings. The minimum Gasteiger partial charge on any atom is -0.376 e. The van der Waals surface area contributed by atoms with E-state index < -0.39 is 0 Å². The summed E-state index contributed by atoms with van der Waals surface area (Å²) in [5.74, 6) is -0.00148. The summed E-state index contributed by atoms with van der Waals surface area (Å²) in [6.07, 6.45) is 5.60. The fourth-order valence-corrected chi connectivity index (χ4v) is 3.91. The van der Waals surface area contributed by atoms with Crippen LogP contribution in [0.25, 0.3) is 0 Å². The summed E-state index contributed by atoms with van der Waals surface area (Å²) < 4.78 is 11.6. The molecular weight excluding hydrogens is 388 g/mol. The number of carbonyl (C=O) groups excluding carboxylic acids is 1. The standard InChI is InChI=1S/C26H36N2O3/c1-3-10-25(22-12-5-4-6-13-22)28-26(29)20(2)27-23-14-9-11-21(17-23)18-30-19-24-15-7-8-16-31-24/h4-6,9,11-14,17,20,24-25,27H,3,7-8,10,15-16,18-19H2,1-2H3,(H,28,29). The Morgan fingerprint density at radius 2 is 2.00 bits per heavy atom. The Labute approximate surface area is 186 Å². The summed E-state index contributed by atoms with van der Waals surface area (Å²) in [5.41, 5.74) is 3.15. The van der Waals surface area contributed by atoms with Gasteiger partial charge in [0.2, 0.25) is 5.91 Å². The summed E-state index contributed by atoms with van der Waals surface area (Å²) >= 11 is 0. The molecule has 2 N–H and O–H groups in total. The van der Waals surface area contributed by atoms with Crippen molar-refractivity contribution in [3.05, 3.63) is 65.7 Å². The van der Waals surface area contributed by atoms with E-state index in [0.29, 0.717) is 13.2 Å². The predicted molar refractivity (Wildman–Crippen MR) is 125 cm³/mol. The molecule has 0 aromatic heterocycles. The van der Waals surface area contributed by atoms with E-state index in [4.69, 9.17) is 9.47 Å². The van der Waals surface area contributed by atoms with Crippen LogP contribution in [-0.2, 0) is 20.9 Å². The third-order valence-corrected chi connectivity index (χ3v) is 5.65. The Morgan fingerprint density at radius 1 is 1.16 bits per heavy atom. The van der Waals surface area contributed by atoms with Gasteiger partial charge in [-0.15, -0.1) is 0 Å². The third kappa shape index (κ3) is 7.67. The van der Waals surface area contributed by atoms with Gasteiger partial charge in [-0.25, -0.2) is 0 Å². The zero-order chi connectivity index (χ0) is 21.9. The van der Waals surface area contributed by atoms with Crippen molar-refractivity contribution >= 4 is 11.6 Å². The first-order valence-corrected chi connectivity index (χ1v) is 11.6. The first-order valence-electron chi connectivity index (χ1n) is 11.6. The number of hydrogen-bond donors (Lipinski definition) is 2. The van der Waals surface area contributed by atoms with Crippen LogP contribution in [0.15, 0.2) is 54.6 Å². The summed E-state index contributed by atoms with van der Waals surface area (Å²) in [6, 6.07) is 17.9.